The van der Waals surface area contributed by atoms with Crippen molar-refractivity contribution in [3.05, 3.63) is 70.5 Å². The molecule has 0 aromatic heterocycles. The van der Waals surface area contributed by atoms with Crippen LogP contribution >= 0.6 is 11.6 Å². The number of amides is 1. The number of nitrogens with one attached hydrogen (secondary N) is 1. The highest BCUT2D eigenvalue weighted by Gasteiger charge is 2.07. The average molecular weight is 348 g/mol. The van der Waals surface area contributed by atoms with E-state index < -0.39 is 24.3 Å². The van der Waals surface area contributed by atoms with E-state index in [0.29, 0.717) is 16.3 Å². The molecule has 4 nitrogen and oxygen atoms in total. The van der Waals surface area contributed by atoms with Gasteiger partial charge in [0.15, 0.2) is 6.61 Å². The van der Waals surface area contributed by atoms with Crippen LogP contribution < -0.4 is 5.32 Å². The van der Waals surface area contributed by atoms with Crippen LogP contribution in [0, 0.1) is 12.7 Å². The molecule has 6 heteroatoms. The van der Waals surface area contributed by atoms with Crippen molar-refractivity contribution in [3.63, 3.8) is 0 Å². The molecule has 124 valence electrons. The van der Waals surface area contributed by atoms with Gasteiger partial charge in [0.1, 0.15) is 5.82 Å². The Bertz CT molecular complexity index is 790. The molecule has 0 heterocycles. The van der Waals surface area contributed by atoms with Crippen LogP contribution in [0.4, 0.5) is 10.1 Å². The van der Waals surface area contributed by atoms with Crippen LogP contribution in [-0.2, 0) is 14.3 Å². The number of ether oxygens (including phenoxy) is 1. The molecule has 0 aliphatic rings. The second-order valence-electron chi connectivity index (χ2n) is 5.01. The molecule has 1 amide bonds. The van der Waals surface area contributed by atoms with Crippen LogP contribution in [0.3, 0.4) is 0 Å². The molecular formula is C18H15ClFNO3. The summed E-state index contributed by atoms with van der Waals surface area (Å²) in [6.07, 6.45) is 2.73. The summed E-state index contributed by atoms with van der Waals surface area (Å²) < 4.78 is 18.2. The van der Waals surface area contributed by atoms with Crippen LogP contribution in [0.1, 0.15) is 11.1 Å². The van der Waals surface area contributed by atoms with Gasteiger partial charge < -0.3 is 10.1 Å². The van der Waals surface area contributed by atoms with Gasteiger partial charge in [0, 0.05) is 16.8 Å². The molecule has 0 aliphatic heterocycles. The van der Waals surface area contributed by atoms with Gasteiger partial charge in [0.2, 0.25) is 0 Å². The number of anilines is 1. The molecule has 0 saturated heterocycles. The number of benzene rings is 2. The summed E-state index contributed by atoms with van der Waals surface area (Å²) in [7, 11) is 0. The number of hydrogen-bond acceptors (Lipinski definition) is 3. The molecule has 0 atom stereocenters. The van der Waals surface area contributed by atoms with E-state index in [9.17, 15) is 14.0 Å². The Balaban J connectivity index is 1.82. The first-order chi connectivity index (χ1) is 11.4. The Hall–Kier alpha value is -2.66. The van der Waals surface area contributed by atoms with Gasteiger partial charge in [-0.1, -0.05) is 29.8 Å². The largest absolute Gasteiger partial charge is 0.452 e. The van der Waals surface area contributed by atoms with Crippen molar-refractivity contribution >= 4 is 35.2 Å². The van der Waals surface area contributed by atoms with Gasteiger partial charge in [0.05, 0.1) is 0 Å². The van der Waals surface area contributed by atoms with Crippen LogP contribution in [0.25, 0.3) is 6.08 Å². The fraction of sp³-hybridized carbons (Fsp3) is 0.111. The molecule has 0 saturated carbocycles. The Morgan fingerprint density at radius 1 is 1.25 bits per heavy atom. The number of rotatable bonds is 5. The normalized spacial score (nSPS) is 10.6. The molecular weight excluding hydrogens is 333 g/mol. The van der Waals surface area contributed by atoms with Crippen molar-refractivity contribution < 1.29 is 18.7 Å². The lowest BCUT2D eigenvalue weighted by molar-refractivity contribution is -0.142. The van der Waals surface area contributed by atoms with Gasteiger partial charge in [-0.15, -0.1) is 0 Å². The second kappa shape index (κ2) is 8.26. The van der Waals surface area contributed by atoms with Crippen molar-refractivity contribution in [2.24, 2.45) is 0 Å². The van der Waals surface area contributed by atoms with Gasteiger partial charge in [-0.3, -0.25) is 4.79 Å². The highest BCUT2D eigenvalue weighted by atomic mass is 35.5. The molecule has 2 aromatic rings. The van der Waals surface area contributed by atoms with Crippen molar-refractivity contribution in [1.29, 1.82) is 0 Å². The minimum absolute atomic E-state index is 0.300. The number of carbonyl (C=O) groups is 2. The van der Waals surface area contributed by atoms with Crippen LogP contribution in [0.5, 0.6) is 0 Å². The van der Waals surface area contributed by atoms with Gasteiger partial charge in [-0.25, -0.2) is 9.18 Å². The Kier molecular flexibility index (Phi) is 6.09. The highest BCUT2D eigenvalue weighted by molar-refractivity contribution is 6.30. The number of aryl methyl sites for hydroxylation is 1. The van der Waals surface area contributed by atoms with Gasteiger partial charge in [0.25, 0.3) is 5.91 Å². The third-order valence-electron chi connectivity index (χ3n) is 3.06. The molecule has 0 aliphatic carbocycles. The summed E-state index contributed by atoms with van der Waals surface area (Å²) in [5, 5.41) is 3.00. The zero-order valence-electron chi connectivity index (χ0n) is 12.9. The fourth-order valence-corrected chi connectivity index (χ4v) is 2.03. The van der Waals surface area contributed by atoms with E-state index in [1.165, 1.54) is 18.2 Å². The predicted octanol–water partition coefficient (Wildman–Crippen LogP) is 3.98. The molecule has 24 heavy (non-hydrogen) atoms. The van der Waals surface area contributed by atoms with Crippen molar-refractivity contribution in [2.45, 2.75) is 6.92 Å². The first kappa shape index (κ1) is 17.7. The zero-order chi connectivity index (χ0) is 17.5. The van der Waals surface area contributed by atoms with E-state index in [1.807, 2.05) is 0 Å². The molecule has 1 N–H and O–H groups in total. The minimum Gasteiger partial charge on any atom is -0.452 e. The van der Waals surface area contributed by atoms with Gasteiger partial charge >= 0.3 is 5.97 Å². The van der Waals surface area contributed by atoms with Crippen LogP contribution in [0.2, 0.25) is 5.02 Å². The summed E-state index contributed by atoms with van der Waals surface area (Å²) in [4.78, 5) is 23.3. The Morgan fingerprint density at radius 3 is 2.75 bits per heavy atom. The Labute approximate surface area is 143 Å². The van der Waals surface area contributed by atoms with Crippen LogP contribution in [0.15, 0.2) is 48.5 Å². The zero-order valence-corrected chi connectivity index (χ0v) is 13.6. The number of halogens is 2. The topological polar surface area (TPSA) is 55.4 Å². The maximum absolute atomic E-state index is 13.4. The van der Waals surface area contributed by atoms with Gasteiger partial charge in [-0.2, -0.15) is 0 Å². The average Bonchev–Trinajstić information content (AvgIpc) is 2.54. The summed E-state index contributed by atoms with van der Waals surface area (Å²) in [5.74, 6) is -1.64. The lowest BCUT2D eigenvalue weighted by Crippen LogP contribution is -2.20. The summed E-state index contributed by atoms with van der Waals surface area (Å²) >= 11 is 5.83. The molecule has 0 fully saturated rings. The van der Waals surface area contributed by atoms with E-state index in [4.69, 9.17) is 16.3 Å². The Morgan fingerprint density at radius 2 is 2.04 bits per heavy atom. The van der Waals surface area contributed by atoms with E-state index in [2.05, 4.69) is 5.32 Å². The van der Waals surface area contributed by atoms with E-state index in [1.54, 1.807) is 43.3 Å². The summed E-state index contributed by atoms with van der Waals surface area (Å²) in [6.45, 7) is 1.16. The third-order valence-corrected chi connectivity index (χ3v) is 3.30. The van der Waals surface area contributed by atoms with Crippen LogP contribution in [-0.4, -0.2) is 18.5 Å². The summed E-state index contributed by atoms with van der Waals surface area (Å²) in [5.41, 5.74) is 1.51. The molecule has 2 aromatic carbocycles. The van der Waals surface area contributed by atoms with E-state index in [-0.39, 0.29) is 0 Å². The maximum atomic E-state index is 13.4. The molecule has 0 unspecified atom stereocenters. The van der Waals surface area contributed by atoms with E-state index in [0.717, 1.165) is 5.56 Å². The predicted molar refractivity (Wildman–Crippen MR) is 91.2 cm³/mol. The van der Waals surface area contributed by atoms with E-state index >= 15 is 0 Å². The van der Waals surface area contributed by atoms with Crippen molar-refractivity contribution in [3.8, 4) is 0 Å². The maximum Gasteiger partial charge on any atom is 0.331 e. The summed E-state index contributed by atoms with van der Waals surface area (Å²) in [6, 6.07) is 11.2. The third kappa shape index (κ3) is 5.52. The number of carbonyl (C=O) groups excluding carboxylic acids is 2. The fourth-order valence-electron chi connectivity index (χ4n) is 1.83. The standard InChI is InChI=1S/C18H15ClFNO3/c1-12-5-7-15(10-16(12)20)21-17(22)11-24-18(23)8-6-13-3-2-4-14(19)9-13/h2-10H,11H2,1H3,(H,21,22)/b8-6+. The molecule has 2 rings (SSSR count). The first-order valence-corrected chi connectivity index (χ1v) is 7.48. The second-order valence-corrected chi connectivity index (χ2v) is 5.44. The monoisotopic (exact) mass is 347 g/mol. The SMILES string of the molecule is Cc1ccc(NC(=O)COC(=O)/C=C/c2cccc(Cl)c2)cc1F. The lowest BCUT2D eigenvalue weighted by atomic mass is 10.2. The first-order valence-electron chi connectivity index (χ1n) is 7.10. The lowest BCUT2D eigenvalue weighted by Gasteiger charge is -2.06. The number of hydrogen-bond donors (Lipinski definition) is 1. The van der Waals surface area contributed by atoms with Gasteiger partial charge in [-0.05, 0) is 48.4 Å². The van der Waals surface area contributed by atoms with Crippen molar-refractivity contribution in [1.82, 2.24) is 0 Å². The smallest absolute Gasteiger partial charge is 0.331 e. The molecule has 0 radical (unpaired) electrons. The quantitative estimate of drug-likeness (QED) is 0.657. The number of esters is 1. The minimum atomic E-state index is -0.666. The molecule has 0 bridgehead atoms. The molecule has 0 spiro atoms. The van der Waals surface area contributed by atoms with Crippen molar-refractivity contribution in [2.75, 3.05) is 11.9 Å². The highest BCUT2D eigenvalue weighted by Crippen LogP contribution is 2.13.